The summed E-state index contributed by atoms with van der Waals surface area (Å²) in [5, 5.41) is 8.78. The van der Waals surface area contributed by atoms with Gasteiger partial charge >= 0.3 is 12.1 Å². The number of rotatable bonds is 7. The number of aliphatic carboxylic acids is 1. The van der Waals surface area contributed by atoms with Crippen molar-refractivity contribution in [3.8, 4) is 0 Å². The summed E-state index contributed by atoms with van der Waals surface area (Å²) in [6.07, 6.45) is -6.30. The van der Waals surface area contributed by atoms with Gasteiger partial charge in [-0.15, -0.1) is 0 Å². The number of para-hydroxylation sites is 1. The van der Waals surface area contributed by atoms with Crippen molar-refractivity contribution in [1.29, 1.82) is 0 Å². The van der Waals surface area contributed by atoms with E-state index in [-0.39, 0.29) is 5.69 Å². The second-order valence-electron chi connectivity index (χ2n) is 4.27. The first kappa shape index (κ1) is 17.3. The quantitative estimate of drug-likeness (QED) is 0.834. The Kier molecular flexibility index (Phi) is 5.59. The third-order valence-corrected chi connectivity index (χ3v) is 4.34. The van der Waals surface area contributed by atoms with E-state index in [1.54, 1.807) is 6.07 Å². The lowest BCUT2D eigenvalue weighted by molar-refractivity contribution is -0.136. The topological polar surface area (TPSA) is 74.7 Å². The van der Waals surface area contributed by atoms with Crippen LogP contribution in [0.4, 0.5) is 18.9 Å². The first-order chi connectivity index (χ1) is 9.62. The fourth-order valence-corrected chi connectivity index (χ4v) is 3.11. The molecule has 0 aliphatic rings. The minimum Gasteiger partial charge on any atom is -0.480 e. The predicted octanol–water partition coefficient (Wildman–Crippen LogP) is 2.25. The molecule has 0 radical (unpaired) electrons. The zero-order chi connectivity index (χ0) is 16.1. The molecule has 1 aromatic rings. The van der Waals surface area contributed by atoms with Crippen LogP contribution in [0, 0.1) is 0 Å². The van der Waals surface area contributed by atoms with Crippen molar-refractivity contribution in [2.24, 2.45) is 0 Å². The van der Waals surface area contributed by atoms with Crippen LogP contribution in [0.2, 0.25) is 0 Å². The minimum atomic E-state index is -4.44. The van der Waals surface area contributed by atoms with Crippen LogP contribution in [-0.2, 0) is 14.8 Å². The molecule has 0 aromatic heterocycles. The first-order valence-corrected chi connectivity index (χ1v) is 7.57. The highest BCUT2D eigenvalue weighted by Crippen LogP contribution is 2.23. The summed E-state index contributed by atoms with van der Waals surface area (Å²) in [5.41, 5.74) is 0.104. The second-order valence-corrected chi connectivity index (χ2v) is 6.28. The van der Waals surface area contributed by atoms with Gasteiger partial charge in [0.15, 0.2) is 0 Å². The maximum absolute atomic E-state index is 12.1. The number of sulfonamides is 1. The molecule has 5 nitrogen and oxygen atoms in total. The van der Waals surface area contributed by atoms with E-state index in [9.17, 15) is 26.4 Å². The molecule has 0 saturated carbocycles. The van der Waals surface area contributed by atoms with Crippen molar-refractivity contribution in [1.82, 2.24) is 0 Å². The summed E-state index contributed by atoms with van der Waals surface area (Å²) in [6, 6.07) is 7.39. The standard InChI is InChI=1S/C12H14F3NO4S/c13-12(14,15)7-4-8-21(19,20)16(9-11(17)18)10-5-2-1-3-6-10/h1-3,5-6H,4,7-9H2,(H,17,18). The van der Waals surface area contributed by atoms with Gasteiger partial charge in [0.05, 0.1) is 11.4 Å². The predicted molar refractivity (Wildman–Crippen MR) is 70.5 cm³/mol. The highest BCUT2D eigenvalue weighted by atomic mass is 32.2. The van der Waals surface area contributed by atoms with Crippen molar-refractivity contribution in [2.45, 2.75) is 19.0 Å². The largest absolute Gasteiger partial charge is 0.480 e. The van der Waals surface area contributed by atoms with Crippen LogP contribution in [0.1, 0.15) is 12.8 Å². The van der Waals surface area contributed by atoms with Crippen molar-refractivity contribution in [3.05, 3.63) is 30.3 Å². The average Bonchev–Trinajstić information content (AvgIpc) is 2.34. The van der Waals surface area contributed by atoms with E-state index in [0.717, 1.165) is 0 Å². The van der Waals surface area contributed by atoms with Gasteiger partial charge in [-0.2, -0.15) is 13.2 Å². The Morgan fingerprint density at radius 3 is 2.24 bits per heavy atom. The third-order valence-electron chi connectivity index (χ3n) is 2.52. The van der Waals surface area contributed by atoms with E-state index in [1.165, 1.54) is 24.3 Å². The number of carboxylic acid groups (broad SMARTS) is 1. The summed E-state index contributed by atoms with van der Waals surface area (Å²) >= 11 is 0. The summed E-state index contributed by atoms with van der Waals surface area (Å²) in [5.74, 6) is -2.16. The molecule has 1 rings (SSSR count). The van der Waals surface area contributed by atoms with Gasteiger partial charge in [-0.3, -0.25) is 9.10 Å². The molecule has 0 saturated heterocycles. The summed E-state index contributed by atoms with van der Waals surface area (Å²) < 4.78 is 60.9. The molecule has 0 spiro atoms. The molecule has 0 atom stereocenters. The Bertz CT molecular complexity index is 572. The highest BCUT2D eigenvalue weighted by molar-refractivity contribution is 7.92. The minimum absolute atomic E-state index is 0.104. The fourth-order valence-electron chi connectivity index (χ4n) is 1.63. The molecular formula is C12H14F3NO4S. The zero-order valence-electron chi connectivity index (χ0n) is 10.9. The second kappa shape index (κ2) is 6.79. The third kappa shape index (κ3) is 6.03. The molecule has 0 unspecified atom stereocenters. The van der Waals surface area contributed by atoms with Gasteiger partial charge < -0.3 is 5.11 Å². The van der Waals surface area contributed by atoms with Gasteiger partial charge in [-0.25, -0.2) is 8.42 Å². The number of carbonyl (C=O) groups is 1. The van der Waals surface area contributed by atoms with Crippen molar-refractivity contribution < 1.29 is 31.5 Å². The fraction of sp³-hybridized carbons (Fsp3) is 0.417. The maximum Gasteiger partial charge on any atom is 0.389 e. The number of hydrogen-bond acceptors (Lipinski definition) is 3. The molecule has 1 aromatic carbocycles. The lowest BCUT2D eigenvalue weighted by Crippen LogP contribution is -2.37. The Hall–Kier alpha value is -1.77. The monoisotopic (exact) mass is 325 g/mol. The zero-order valence-corrected chi connectivity index (χ0v) is 11.7. The van der Waals surface area contributed by atoms with E-state index in [0.29, 0.717) is 4.31 Å². The summed E-state index contributed by atoms with van der Waals surface area (Å²) in [6.45, 7) is -0.835. The van der Waals surface area contributed by atoms with Gasteiger partial charge in [-0.05, 0) is 18.6 Å². The number of anilines is 1. The first-order valence-electron chi connectivity index (χ1n) is 5.96. The molecule has 0 fully saturated rings. The number of halogens is 3. The Morgan fingerprint density at radius 2 is 1.76 bits per heavy atom. The Balaban J connectivity index is 2.89. The van der Waals surface area contributed by atoms with Crippen LogP contribution in [0.5, 0.6) is 0 Å². The maximum atomic E-state index is 12.1. The van der Waals surface area contributed by atoms with E-state index in [4.69, 9.17) is 5.11 Å². The number of alkyl halides is 3. The molecule has 1 N–H and O–H groups in total. The summed E-state index contributed by atoms with van der Waals surface area (Å²) in [4.78, 5) is 10.8. The molecule has 9 heteroatoms. The van der Waals surface area contributed by atoms with Crippen LogP contribution in [-0.4, -0.2) is 38.0 Å². The highest BCUT2D eigenvalue weighted by Gasteiger charge is 2.30. The van der Waals surface area contributed by atoms with Crippen LogP contribution in [0.25, 0.3) is 0 Å². The smallest absolute Gasteiger partial charge is 0.389 e. The lowest BCUT2D eigenvalue weighted by atomic mass is 10.3. The number of hydrogen-bond donors (Lipinski definition) is 1. The van der Waals surface area contributed by atoms with Crippen LogP contribution in [0.15, 0.2) is 30.3 Å². The lowest BCUT2D eigenvalue weighted by Gasteiger charge is -2.22. The van der Waals surface area contributed by atoms with E-state index >= 15 is 0 Å². The van der Waals surface area contributed by atoms with Crippen LogP contribution >= 0.6 is 0 Å². The molecule has 0 aliphatic heterocycles. The van der Waals surface area contributed by atoms with Crippen LogP contribution < -0.4 is 4.31 Å². The van der Waals surface area contributed by atoms with Gasteiger partial charge in [0.25, 0.3) is 0 Å². The molecule has 0 amide bonds. The number of benzene rings is 1. The Morgan fingerprint density at radius 1 is 1.19 bits per heavy atom. The molecule has 0 heterocycles. The average molecular weight is 325 g/mol. The SMILES string of the molecule is O=C(O)CN(c1ccccc1)S(=O)(=O)CCCC(F)(F)F. The van der Waals surface area contributed by atoms with Gasteiger partial charge in [0, 0.05) is 6.42 Å². The van der Waals surface area contributed by atoms with Gasteiger partial charge in [-0.1, -0.05) is 18.2 Å². The van der Waals surface area contributed by atoms with E-state index in [2.05, 4.69) is 0 Å². The molecule has 118 valence electrons. The van der Waals surface area contributed by atoms with Crippen LogP contribution in [0.3, 0.4) is 0 Å². The molecule has 0 bridgehead atoms. The molecular weight excluding hydrogens is 311 g/mol. The van der Waals surface area contributed by atoms with Gasteiger partial charge in [0.1, 0.15) is 6.54 Å². The van der Waals surface area contributed by atoms with Crippen molar-refractivity contribution in [2.75, 3.05) is 16.6 Å². The molecule has 21 heavy (non-hydrogen) atoms. The van der Waals surface area contributed by atoms with Gasteiger partial charge in [0.2, 0.25) is 10.0 Å². The molecule has 0 aliphatic carbocycles. The van der Waals surface area contributed by atoms with E-state index < -0.39 is 47.3 Å². The van der Waals surface area contributed by atoms with E-state index in [1.807, 2.05) is 0 Å². The summed E-state index contributed by atoms with van der Waals surface area (Å²) in [7, 11) is -4.14. The normalized spacial score (nSPS) is 12.1. The number of carboxylic acids is 1. The Labute approximate surface area is 120 Å². The van der Waals surface area contributed by atoms with Crippen molar-refractivity contribution >= 4 is 21.7 Å². The number of nitrogens with zero attached hydrogens (tertiary/aromatic N) is 1. The van der Waals surface area contributed by atoms with Crippen molar-refractivity contribution in [3.63, 3.8) is 0 Å².